The van der Waals surface area contributed by atoms with Crippen molar-refractivity contribution in [3.8, 4) is 0 Å². The number of carbonyl (C=O) groups is 1. The summed E-state index contributed by atoms with van der Waals surface area (Å²) < 4.78 is 29.4. The van der Waals surface area contributed by atoms with Crippen LogP contribution in [-0.2, 0) is 23.1 Å². The maximum absolute atomic E-state index is 12.8. The Kier molecular flexibility index (Phi) is 5.69. The molecule has 3 aromatic rings. The number of hydrogen-bond acceptors (Lipinski definition) is 4. The SMILES string of the molecule is Cc1ccc(S(=O)(=O)NC2CC2)cc1C(=O)NCc1cccc(Cn2cccn2)c1. The molecule has 0 spiro atoms. The van der Waals surface area contributed by atoms with E-state index < -0.39 is 10.0 Å². The summed E-state index contributed by atoms with van der Waals surface area (Å²) in [6, 6.07) is 14.5. The second-order valence-corrected chi connectivity index (χ2v) is 9.29. The normalized spacial score (nSPS) is 13.9. The molecule has 1 aliphatic rings. The number of nitrogens with zero attached hydrogens (tertiary/aromatic N) is 2. The standard InChI is InChI=1S/C22H24N4O3S/c1-16-6-9-20(30(28,29)25-19-7-8-19)13-21(16)22(27)23-14-17-4-2-5-18(12-17)15-26-11-3-10-24-26/h2-6,9-13,19,25H,7-8,14-15H2,1H3,(H,23,27). The van der Waals surface area contributed by atoms with E-state index in [1.54, 1.807) is 19.2 Å². The zero-order chi connectivity index (χ0) is 21.1. The predicted octanol–water partition coefficient (Wildman–Crippen LogP) is 2.61. The molecule has 2 aromatic carbocycles. The van der Waals surface area contributed by atoms with Crippen molar-refractivity contribution in [1.29, 1.82) is 0 Å². The van der Waals surface area contributed by atoms with Gasteiger partial charge in [-0.05, 0) is 54.7 Å². The molecule has 7 nitrogen and oxygen atoms in total. The summed E-state index contributed by atoms with van der Waals surface area (Å²) in [6.45, 7) is 2.80. The van der Waals surface area contributed by atoms with Crippen LogP contribution in [0.3, 0.4) is 0 Å². The van der Waals surface area contributed by atoms with Crippen LogP contribution in [0.1, 0.15) is 39.9 Å². The van der Waals surface area contributed by atoms with E-state index in [9.17, 15) is 13.2 Å². The van der Waals surface area contributed by atoms with Crippen LogP contribution in [0, 0.1) is 6.92 Å². The predicted molar refractivity (Wildman–Crippen MR) is 113 cm³/mol. The van der Waals surface area contributed by atoms with Gasteiger partial charge in [0.15, 0.2) is 0 Å². The number of sulfonamides is 1. The van der Waals surface area contributed by atoms with Gasteiger partial charge in [0.25, 0.3) is 5.91 Å². The van der Waals surface area contributed by atoms with Gasteiger partial charge in [0.2, 0.25) is 10.0 Å². The average molecular weight is 425 g/mol. The fourth-order valence-electron chi connectivity index (χ4n) is 3.20. The van der Waals surface area contributed by atoms with Gasteiger partial charge in [-0.2, -0.15) is 5.10 Å². The lowest BCUT2D eigenvalue weighted by Gasteiger charge is -2.12. The number of benzene rings is 2. The molecule has 30 heavy (non-hydrogen) atoms. The van der Waals surface area contributed by atoms with Crippen molar-refractivity contribution in [2.75, 3.05) is 0 Å². The van der Waals surface area contributed by atoms with Gasteiger partial charge >= 0.3 is 0 Å². The molecule has 1 aromatic heterocycles. The molecule has 8 heteroatoms. The summed E-state index contributed by atoms with van der Waals surface area (Å²) in [5.41, 5.74) is 3.14. The monoisotopic (exact) mass is 424 g/mol. The Bertz CT molecular complexity index is 1150. The van der Waals surface area contributed by atoms with Crippen molar-refractivity contribution >= 4 is 15.9 Å². The van der Waals surface area contributed by atoms with Gasteiger partial charge in [0.05, 0.1) is 11.4 Å². The first kappa shape index (κ1) is 20.3. The van der Waals surface area contributed by atoms with Gasteiger partial charge < -0.3 is 5.32 Å². The number of hydrogen-bond donors (Lipinski definition) is 2. The third-order valence-electron chi connectivity index (χ3n) is 5.01. The fourth-order valence-corrected chi connectivity index (χ4v) is 4.53. The van der Waals surface area contributed by atoms with Gasteiger partial charge in [-0.25, -0.2) is 13.1 Å². The fraction of sp³-hybridized carbons (Fsp3) is 0.273. The molecule has 4 rings (SSSR count). The number of aryl methyl sites for hydroxylation is 1. The molecule has 2 N–H and O–H groups in total. The van der Waals surface area contributed by atoms with Crippen molar-refractivity contribution in [1.82, 2.24) is 19.8 Å². The van der Waals surface area contributed by atoms with Crippen LogP contribution >= 0.6 is 0 Å². The van der Waals surface area contributed by atoms with E-state index in [4.69, 9.17) is 0 Å². The Balaban J connectivity index is 1.44. The van der Waals surface area contributed by atoms with E-state index in [1.165, 1.54) is 12.1 Å². The first-order valence-electron chi connectivity index (χ1n) is 9.87. The third kappa shape index (κ3) is 4.95. The minimum atomic E-state index is -3.61. The Morgan fingerprint density at radius 1 is 1.13 bits per heavy atom. The highest BCUT2D eigenvalue weighted by atomic mass is 32.2. The molecule has 0 unspecified atom stereocenters. The van der Waals surface area contributed by atoms with Crippen LogP contribution in [0.25, 0.3) is 0 Å². The minimum Gasteiger partial charge on any atom is -0.348 e. The highest BCUT2D eigenvalue weighted by Gasteiger charge is 2.28. The highest BCUT2D eigenvalue weighted by molar-refractivity contribution is 7.89. The van der Waals surface area contributed by atoms with Crippen LogP contribution in [0.2, 0.25) is 0 Å². The van der Waals surface area contributed by atoms with Gasteiger partial charge in [-0.15, -0.1) is 0 Å². The first-order chi connectivity index (χ1) is 14.4. The maximum atomic E-state index is 12.8. The molecule has 1 amide bonds. The summed E-state index contributed by atoms with van der Waals surface area (Å²) in [6.07, 6.45) is 5.35. The lowest BCUT2D eigenvalue weighted by atomic mass is 10.1. The number of nitrogens with one attached hydrogen (secondary N) is 2. The van der Waals surface area contributed by atoms with Crippen molar-refractivity contribution in [2.45, 2.75) is 43.8 Å². The molecule has 0 saturated heterocycles. The molecule has 1 aliphatic carbocycles. The van der Waals surface area contributed by atoms with E-state index in [-0.39, 0.29) is 16.8 Å². The van der Waals surface area contributed by atoms with E-state index in [2.05, 4.69) is 15.1 Å². The first-order valence-corrected chi connectivity index (χ1v) is 11.4. The summed E-state index contributed by atoms with van der Waals surface area (Å²) in [7, 11) is -3.61. The lowest BCUT2D eigenvalue weighted by molar-refractivity contribution is 0.0950. The number of rotatable bonds is 8. The Morgan fingerprint density at radius 2 is 1.93 bits per heavy atom. The highest BCUT2D eigenvalue weighted by Crippen LogP contribution is 2.23. The lowest BCUT2D eigenvalue weighted by Crippen LogP contribution is -2.27. The summed E-state index contributed by atoms with van der Waals surface area (Å²) >= 11 is 0. The zero-order valence-corrected chi connectivity index (χ0v) is 17.5. The van der Waals surface area contributed by atoms with Crippen LogP contribution in [-0.4, -0.2) is 30.1 Å². The molecule has 0 bridgehead atoms. The topological polar surface area (TPSA) is 93.1 Å². The van der Waals surface area contributed by atoms with Crippen molar-refractivity contribution in [3.05, 3.63) is 83.2 Å². The number of aromatic nitrogens is 2. The van der Waals surface area contributed by atoms with Crippen LogP contribution in [0.4, 0.5) is 0 Å². The van der Waals surface area contributed by atoms with Crippen LogP contribution in [0.5, 0.6) is 0 Å². The van der Waals surface area contributed by atoms with Crippen LogP contribution < -0.4 is 10.0 Å². The zero-order valence-electron chi connectivity index (χ0n) is 16.7. The molecule has 0 atom stereocenters. The largest absolute Gasteiger partial charge is 0.348 e. The minimum absolute atomic E-state index is 0.0163. The van der Waals surface area contributed by atoms with Crippen molar-refractivity contribution in [2.24, 2.45) is 0 Å². The quantitative estimate of drug-likeness (QED) is 0.581. The van der Waals surface area contributed by atoms with Gasteiger partial charge in [0.1, 0.15) is 0 Å². The number of carbonyl (C=O) groups excluding carboxylic acids is 1. The van der Waals surface area contributed by atoms with Crippen LogP contribution in [0.15, 0.2) is 65.8 Å². The molecular weight excluding hydrogens is 400 g/mol. The second-order valence-electron chi connectivity index (χ2n) is 7.58. The smallest absolute Gasteiger partial charge is 0.251 e. The van der Waals surface area contributed by atoms with E-state index in [0.717, 1.165) is 29.5 Å². The van der Waals surface area contributed by atoms with Gasteiger partial charge in [-0.3, -0.25) is 9.48 Å². The maximum Gasteiger partial charge on any atom is 0.251 e. The molecule has 1 saturated carbocycles. The van der Waals surface area contributed by atoms with Gasteiger partial charge in [-0.1, -0.05) is 30.3 Å². The summed E-state index contributed by atoms with van der Waals surface area (Å²) in [4.78, 5) is 12.9. The Labute approximate surface area is 176 Å². The molecule has 1 heterocycles. The molecular formula is C22H24N4O3S. The number of amides is 1. The average Bonchev–Trinajstić information content (AvgIpc) is 3.37. The Morgan fingerprint density at radius 3 is 2.67 bits per heavy atom. The molecule has 156 valence electrons. The molecule has 0 aliphatic heterocycles. The van der Waals surface area contributed by atoms with E-state index >= 15 is 0 Å². The van der Waals surface area contributed by atoms with Crippen molar-refractivity contribution < 1.29 is 13.2 Å². The summed E-state index contributed by atoms with van der Waals surface area (Å²) in [5.74, 6) is -0.298. The summed E-state index contributed by atoms with van der Waals surface area (Å²) in [5, 5.41) is 7.10. The van der Waals surface area contributed by atoms with Crippen molar-refractivity contribution in [3.63, 3.8) is 0 Å². The van der Waals surface area contributed by atoms with E-state index in [1.807, 2.05) is 41.2 Å². The third-order valence-corrected chi connectivity index (χ3v) is 6.53. The van der Waals surface area contributed by atoms with Gasteiger partial charge in [0, 0.05) is 30.5 Å². The Hall–Kier alpha value is -2.97. The molecule has 0 radical (unpaired) electrons. The van der Waals surface area contributed by atoms with E-state index in [0.29, 0.717) is 18.7 Å². The second kappa shape index (κ2) is 8.41. The molecule has 1 fully saturated rings.